The molecule has 2 atom stereocenters. The van der Waals surface area contributed by atoms with Gasteiger partial charge in [0.15, 0.2) is 0 Å². The smallest absolute Gasteiger partial charge is 0.228 e. The molecule has 1 heterocycles. The highest BCUT2D eigenvalue weighted by Gasteiger charge is 2.25. The molecule has 0 bridgehead atoms. The molecule has 1 amide bonds. The molecule has 2 unspecified atom stereocenters. The summed E-state index contributed by atoms with van der Waals surface area (Å²) in [6.07, 6.45) is 6.81. The van der Waals surface area contributed by atoms with Crippen LogP contribution in [0.3, 0.4) is 0 Å². The first-order valence-electron chi connectivity index (χ1n) is 7.56. The number of halogens is 1. The summed E-state index contributed by atoms with van der Waals surface area (Å²) < 4.78 is 0. The van der Waals surface area contributed by atoms with Crippen LogP contribution in [0.1, 0.15) is 44.6 Å². The second kappa shape index (κ2) is 5.65. The van der Waals surface area contributed by atoms with Crippen LogP contribution in [0.25, 0.3) is 0 Å². The van der Waals surface area contributed by atoms with Gasteiger partial charge in [0.05, 0.1) is 17.1 Å². The monoisotopic (exact) mass is 292 g/mol. The van der Waals surface area contributed by atoms with Gasteiger partial charge in [-0.25, -0.2) is 0 Å². The Hall–Kier alpha value is -1.22. The van der Waals surface area contributed by atoms with Crippen LogP contribution in [0.4, 0.5) is 11.4 Å². The Morgan fingerprint density at radius 1 is 1.35 bits per heavy atom. The first-order valence-corrected chi connectivity index (χ1v) is 7.94. The summed E-state index contributed by atoms with van der Waals surface area (Å²) in [4.78, 5) is 11.4. The molecule has 1 aliphatic carbocycles. The standard InChI is InChI=1S/C16H21ClN2O/c1-2-10-5-3-4-6-13(10)18-15-7-11-8-16(20)19-14(11)9-12(15)17/h7,9-10,13,18H,2-6,8H2,1H3,(H,19,20). The number of hydrogen-bond acceptors (Lipinski definition) is 2. The number of amides is 1. The van der Waals surface area contributed by atoms with Gasteiger partial charge < -0.3 is 10.6 Å². The number of fused-ring (bicyclic) bond motifs is 1. The molecule has 4 heteroatoms. The van der Waals surface area contributed by atoms with Gasteiger partial charge in [0.1, 0.15) is 0 Å². The number of carbonyl (C=O) groups is 1. The van der Waals surface area contributed by atoms with Crippen LogP contribution in [-0.2, 0) is 11.2 Å². The van der Waals surface area contributed by atoms with E-state index in [4.69, 9.17) is 11.6 Å². The minimum Gasteiger partial charge on any atom is -0.381 e. The molecule has 108 valence electrons. The van der Waals surface area contributed by atoms with Crippen molar-refractivity contribution in [3.05, 3.63) is 22.7 Å². The van der Waals surface area contributed by atoms with Gasteiger partial charge in [0, 0.05) is 11.7 Å². The summed E-state index contributed by atoms with van der Waals surface area (Å²) >= 11 is 6.35. The van der Waals surface area contributed by atoms with E-state index in [0.717, 1.165) is 22.9 Å². The molecular weight excluding hydrogens is 272 g/mol. The molecule has 3 rings (SSSR count). The van der Waals surface area contributed by atoms with E-state index in [1.54, 1.807) is 0 Å². The Balaban J connectivity index is 1.80. The lowest BCUT2D eigenvalue weighted by Crippen LogP contribution is -2.31. The third-order valence-corrected chi connectivity index (χ3v) is 4.91. The fourth-order valence-electron chi connectivity index (χ4n) is 3.44. The number of carbonyl (C=O) groups excluding carboxylic acids is 1. The third-order valence-electron chi connectivity index (χ3n) is 4.59. The zero-order valence-electron chi connectivity index (χ0n) is 11.8. The molecule has 1 saturated carbocycles. The molecule has 3 nitrogen and oxygen atoms in total. The lowest BCUT2D eigenvalue weighted by atomic mass is 9.83. The Bertz CT molecular complexity index is 529. The van der Waals surface area contributed by atoms with Crippen LogP contribution in [0.15, 0.2) is 12.1 Å². The highest BCUT2D eigenvalue weighted by molar-refractivity contribution is 6.33. The maximum atomic E-state index is 11.4. The van der Waals surface area contributed by atoms with E-state index in [1.165, 1.54) is 32.1 Å². The minimum atomic E-state index is 0.0531. The highest BCUT2D eigenvalue weighted by atomic mass is 35.5. The molecule has 0 spiro atoms. The number of rotatable bonds is 3. The zero-order valence-corrected chi connectivity index (χ0v) is 12.6. The van der Waals surface area contributed by atoms with Gasteiger partial charge in [-0.1, -0.05) is 37.8 Å². The van der Waals surface area contributed by atoms with Crippen LogP contribution < -0.4 is 10.6 Å². The summed E-state index contributed by atoms with van der Waals surface area (Å²) in [7, 11) is 0. The first kappa shape index (κ1) is 13.7. The number of anilines is 2. The van der Waals surface area contributed by atoms with Crippen molar-refractivity contribution >= 4 is 28.9 Å². The molecule has 0 radical (unpaired) electrons. The van der Waals surface area contributed by atoms with Crippen molar-refractivity contribution in [1.29, 1.82) is 0 Å². The molecular formula is C16H21ClN2O. The predicted octanol–water partition coefficient (Wildman–Crippen LogP) is 4.22. The van der Waals surface area contributed by atoms with Crippen molar-refractivity contribution in [2.45, 2.75) is 51.5 Å². The van der Waals surface area contributed by atoms with Crippen LogP contribution in [-0.4, -0.2) is 11.9 Å². The molecule has 2 N–H and O–H groups in total. The van der Waals surface area contributed by atoms with Crippen molar-refractivity contribution in [2.75, 3.05) is 10.6 Å². The van der Waals surface area contributed by atoms with Crippen LogP contribution in [0.2, 0.25) is 5.02 Å². The third kappa shape index (κ3) is 2.64. The summed E-state index contributed by atoms with van der Waals surface area (Å²) in [6.45, 7) is 2.26. The Kier molecular flexibility index (Phi) is 3.88. The van der Waals surface area contributed by atoms with Gasteiger partial charge in [-0.3, -0.25) is 4.79 Å². The van der Waals surface area contributed by atoms with E-state index in [0.29, 0.717) is 17.5 Å². The first-order chi connectivity index (χ1) is 9.67. The van der Waals surface area contributed by atoms with Crippen molar-refractivity contribution < 1.29 is 4.79 Å². The molecule has 2 aliphatic rings. The van der Waals surface area contributed by atoms with Crippen molar-refractivity contribution in [2.24, 2.45) is 5.92 Å². The van der Waals surface area contributed by atoms with E-state index in [1.807, 2.05) is 12.1 Å². The van der Waals surface area contributed by atoms with E-state index in [-0.39, 0.29) is 5.91 Å². The van der Waals surface area contributed by atoms with Crippen molar-refractivity contribution in [3.63, 3.8) is 0 Å². The molecule has 1 fully saturated rings. The minimum absolute atomic E-state index is 0.0531. The Labute approximate surface area is 125 Å². The maximum Gasteiger partial charge on any atom is 0.228 e. The molecule has 0 saturated heterocycles. The SMILES string of the molecule is CCC1CCCCC1Nc1cc2c(cc1Cl)NC(=O)C2. The summed E-state index contributed by atoms with van der Waals surface area (Å²) in [5.74, 6) is 0.783. The Morgan fingerprint density at radius 3 is 2.95 bits per heavy atom. The summed E-state index contributed by atoms with van der Waals surface area (Å²) in [5, 5.41) is 7.16. The van der Waals surface area contributed by atoms with Gasteiger partial charge in [0.2, 0.25) is 5.91 Å². The number of benzene rings is 1. The largest absolute Gasteiger partial charge is 0.381 e. The van der Waals surface area contributed by atoms with Gasteiger partial charge in [-0.2, -0.15) is 0 Å². The van der Waals surface area contributed by atoms with Gasteiger partial charge in [0.25, 0.3) is 0 Å². The topological polar surface area (TPSA) is 41.1 Å². The number of hydrogen-bond donors (Lipinski definition) is 2. The van der Waals surface area contributed by atoms with Crippen LogP contribution in [0, 0.1) is 5.92 Å². The summed E-state index contributed by atoms with van der Waals surface area (Å²) in [5.41, 5.74) is 2.89. The van der Waals surface area contributed by atoms with Crippen molar-refractivity contribution in [1.82, 2.24) is 0 Å². The number of nitrogens with one attached hydrogen (secondary N) is 2. The lowest BCUT2D eigenvalue weighted by molar-refractivity contribution is -0.115. The van der Waals surface area contributed by atoms with E-state index >= 15 is 0 Å². The quantitative estimate of drug-likeness (QED) is 0.876. The second-order valence-electron chi connectivity index (χ2n) is 5.92. The molecule has 1 aromatic carbocycles. The average molecular weight is 293 g/mol. The van der Waals surface area contributed by atoms with Crippen molar-refractivity contribution in [3.8, 4) is 0 Å². The summed E-state index contributed by atoms with van der Waals surface area (Å²) in [6, 6.07) is 4.42. The molecule has 1 aromatic rings. The fraction of sp³-hybridized carbons (Fsp3) is 0.562. The maximum absolute atomic E-state index is 11.4. The second-order valence-corrected chi connectivity index (χ2v) is 6.32. The van der Waals surface area contributed by atoms with E-state index < -0.39 is 0 Å². The molecule has 20 heavy (non-hydrogen) atoms. The van der Waals surface area contributed by atoms with Gasteiger partial charge in [-0.05, 0) is 36.5 Å². The van der Waals surface area contributed by atoms with E-state index in [2.05, 4.69) is 17.6 Å². The fourth-order valence-corrected chi connectivity index (χ4v) is 3.66. The average Bonchev–Trinajstić information content (AvgIpc) is 2.79. The zero-order chi connectivity index (χ0) is 14.1. The van der Waals surface area contributed by atoms with Crippen LogP contribution >= 0.6 is 11.6 Å². The molecule has 0 aromatic heterocycles. The van der Waals surface area contributed by atoms with Gasteiger partial charge in [-0.15, -0.1) is 0 Å². The van der Waals surface area contributed by atoms with Gasteiger partial charge >= 0.3 is 0 Å². The Morgan fingerprint density at radius 2 is 2.15 bits per heavy atom. The van der Waals surface area contributed by atoms with Crippen LogP contribution in [0.5, 0.6) is 0 Å². The predicted molar refractivity (Wildman–Crippen MR) is 83.4 cm³/mol. The highest BCUT2D eigenvalue weighted by Crippen LogP contribution is 2.36. The van der Waals surface area contributed by atoms with E-state index in [9.17, 15) is 4.79 Å². The normalized spacial score (nSPS) is 25.2. The molecule has 1 aliphatic heterocycles. The lowest BCUT2D eigenvalue weighted by Gasteiger charge is -2.32.